The first-order chi connectivity index (χ1) is 8.91. The normalized spacial score (nSPS) is 20.7. The third kappa shape index (κ3) is 3.29. The van der Waals surface area contributed by atoms with Crippen LogP contribution >= 0.6 is 11.6 Å². The fourth-order valence-electron chi connectivity index (χ4n) is 2.29. The number of pyridine rings is 1. The number of nitrogens with zero attached hydrogens (tertiary/aromatic N) is 2. The van der Waals surface area contributed by atoms with E-state index in [2.05, 4.69) is 4.98 Å². The van der Waals surface area contributed by atoms with Gasteiger partial charge in [0.1, 0.15) is 11.6 Å². The van der Waals surface area contributed by atoms with E-state index in [0.717, 1.165) is 6.20 Å². The van der Waals surface area contributed by atoms with Crippen molar-refractivity contribution >= 4 is 17.4 Å². The summed E-state index contributed by atoms with van der Waals surface area (Å²) in [7, 11) is 0. The number of rotatable bonds is 2. The van der Waals surface area contributed by atoms with Crippen LogP contribution in [0.4, 0.5) is 23.4 Å². The second kappa shape index (κ2) is 5.53. The van der Waals surface area contributed by atoms with Gasteiger partial charge in [-0.1, -0.05) is 0 Å². The predicted octanol–water partition coefficient (Wildman–Crippen LogP) is 3.74. The second-order valence-electron chi connectivity index (χ2n) is 4.60. The van der Waals surface area contributed by atoms with Crippen LogP contribution in [0, 0.1) is 11.7 Å². The standard InChI is InChI=1S/C12H13ClF4N2/c13-5-8-4-10(14)6-18-11(8)19-3-1-2-9(7-19)12(15,16)17/h4,6,9H,1-3,5,7H2. The molecule has 0 spiro atoms. The van der Waals surface area contributed by atoms with Crippen LogP contribution in [0.2, 0.25) is 0 Å². The van der Waals surface area contributed by atoms with Gasteiger partial charge in [-0.25, -0.2) is 9.37 Å². The van der Waals surface area contributed by atoms with Crippen molar-refractivity contribution in [3.63, 3.8) is 0 Å². The quantitative estimate of drug-likeness (QED) is 0.610. The topological polar surface area (TPSA) is 16.1 Å². The lowest BCUT2D eigenvalue weighted by Crippen LogP contribution is -2.42. The van der Waals surface area contributed by atoms with Crippen LogP contribution in [0.1, 0.15) is 18.4 Å². The molecule has 2 nitrogen and oxygen atoms in total. The smallest absolute Gasteiger partial charge is 0.356 e. The van der Waals surface area contributed by atoms with Gasteiger partial charge in [0.05, 0.1) is 18.0 Å². The largest absolute Gasteiger partial charge is 0.393 e. The van der Waals surface area contributed by atoms with Crippen LogP contribution in [0.15, 0.2) is 12.3 Å². The number of hydrogen-bond donors (Lipinski definition) is 0. The molecule has 106 valence electrons. The van der Waals surface area contributed by atoms with E-state index in [9.17, 15) is 17.6 Å². The van der Waals surface area contributed by atoms with Gasteiger partial charge in [-0.15, -0.1) is 11.6 Å². The highest BCUT2D eigenvalue weighted by Crippen LogP contribution is 2.35. The fourth-order valence-corrected chi connectivity index (χ4v) is 2.49. The first kappa shape index (κ1) is 14.4. The summed E-state index contributed by atoms with van der Waals surface area (Å²) in [6.45, 7) is 0.334. The zero-order valence-corrected chi connectivity index (χ0v) is 10.8. The van der Waals surface area contributed by atoms with Crippen LogP contribution in [0.3, 0.4) is 0 Å². The summed E-state index contributed by atoms with van der Waals surface area (Å²) in [5, 5.41) is 0. The van der Waals surface area contributed by atoms with E-state index in [1.807, 2.05) is 0 Å². The summed E-state index contributed by atoms with van der Waals surface area (Å²) in [5.41, 5.74) is 0.421. The van der Waals surface area contributed by atoms with Crippen molar-refractivity contribution in [2.45, 2.75) is 24.9 Å². The van der Waals surface area contributed by atoms with Crippen molar-refractivity contribution in [1.29, 1.82) is 0 Å². The Kier molecular flexibility index (Phi) is 4.18. The van der Waals surface area contributed by atoms with E-state index in [0.29, 0.717) is 24.3 Å². The molecule has 1 saturated heterocycles. The monoisotopic (exact) mass is 296 g/mol. The number of aromatic nitrogens is 1. The third-order valence-electron chi connectivity index (χ3n) is 3.24. The van der Waals surface area contributed by atoms with Crippen molar-refractivity contribution < 1.29 is 17.6 Å². The van der Waals surface area contributed by atoms with Crippen molar-refractivity contribution in [2.75, 3.05) is 18.0 Å². The van der Waals surface area contributed by atoms with Crippen molar-refractivity contribution in [2.24, 2.45) is 5.92 Å². The Hall–Kier alpha value is -1.04. The molecular weight excluding hydrogens is 284 g/mol. The lowest BCUT2D eigenvalue weighted by Gasteiger charge is -2.35. The van der Waals surface area contributed by atoms with E-state index in [1.165, 1.54) is 6.07 Å². The molecule has 0 radical (unpaired) electrons. The lowest BCUT2D eigenvalue weighted by atomic mass is 9.97. The fraction of sp³-hybridized carbons (Fsp3) is 0.583. The number of hydrogen-bond acceptors (Lipinski definition) is 2. The second-order valence-corrected chi connectivity index (χ2v) is 4.86. The molecule has 7 heteroatoms. The first-order valence-corrected chi connectivity index (χ1v) is 6.47. The summed E-state index contributed by atoms with van der Waals surface area (Å²) in [6.07, 6.45) is -2.65. The molecular formula is C12H13ClF4N2. The molecule has 1 aromatic rings. The van der Waals surface area contributed by atoms with Crippen LogP contribution in [-0.2, 0) is 5.88 Å². The van der Waals surface area contributed by atoms with Gasteiger partial charge in [0.15, 0.2) is 0 Å². The van der Waals surface area contributed by atoms with Crippen LogP contribution < -0.4 is 4.90 Å². The first-order valence-electron chi connectivity index (χ1n) is 5.94. The molecule has 1 unspecified atom stereocenters. The van der Waals surface area contributed by atoms with Crippen molar-refractivity contribution in [3.05, 3.63) is 23.6 Å². The molecule has 1 fully saturated rings. The molecule has 1 aromatic heterocycles. The molecule has 19 heavy (non-hydrogen) atoms. The number of anilines is 1. The molecule has 1 aliphatic rings. The minimum absolute atomic E-state index is 0.0211. The molecule has 2 rings (SSSR count). The number of piperidine rings is 1. The van der Waals surface area contributed by atoms with Crippen molar-refractivity contribution in [1.82, 2.24) is 4.98 Å². The Labute approximate surface area is 113 Å². The summed E-state index contributed by atoms with van der Waals surface area (Å²) in [4.78, 5) is 5.43. The average molecular weight is 297 g/mol. The Balaban J connectivity index is 2.22. The van der Waals surface area contributed by atoms with Crippen LogP contribution in [-0.4, -0.2) is 24.2 Å². The summed E-state index contributed by atoms with van der Waals surface area (Å²) < 4.78 is 51.3. The van der Waals surface area contributed by atoms with Gasteiger partial charge in [-0.05, 0) is 18.9 Å². The molecule has 1 atom stereocenters. The molecule has 2 heterocycles. The van der Waals surface area contributed by atoms with Gasteiger partial charge in [-0.2, -0.15) is 13.2 Å². The molecule has 0 aliphatic carbocycles. The molecule has 0 aromatic carbocycles. The highest BCUT2D eigenvalue weighted by molar-refractivity contribution is 6.17. The van der Waals surface area contributed by atoms with E-state index in [-0.39, 0.29) is 18.8 Å². The molecule has 0 bridgehead atoms. The van der Waals surface area contributed by atoms with Gasteiger partial charge in [0.25, 0.3) is 0 Å². The van der Waals surface area contributed by atoms with Gasteiger partial charge >= 0.3 is 6.18 Å². The SMILES string of the molecule is Fc1cnc(N2CCCC(C(F)(F)F)C2)c(CCl)c1. The zero-order chi connectivity index (χ0) is 14.0. The summed E-state index contributed by atoms with van der Waals surface area (Å²) in [5.74, 6) is -1.53. The Morgan fingerprint density at radius 2 is 2.16 bits per heavy atom. The maximum Gasteiger partial charge on any atom is 0.393 e. The number of alkyl halides is 4. The maximum atomic E-state index is 13.0. The van der Waals surface area contributed by atoms with E-state index in [1.54, 1.807) is 4.90 Å². The predicted molar refractivity (Wildman–Crippen MR) is 64.7 cm³/mol. The van der Waals surface area contributed by atoms with E-state index < -0.39 is 17.9 Å². The average Bonchev–Trinajstić information content (AvgIpc) is 2.37. The van der Waals surface area contributed by atoms with Crippen LogP contribution in [0.5, 0.6) is 0 Å². The van der Waals surface area contributed by atoms with Gasteiger partial charge < -0.3 is 4.90 Å². The Morgan fingerprint density at radius 3 is 2.79 bits per heavy atom. The highest BCUT2D eigenvalue weighted by Gasteiger charge is 2.42. The molecule has 1 aliphatic heterocycles. The van der Waals surface area contributed by atoms with Gasteiger partial charge in [0, 0.05) is 18.7 Å². The van der Waals surface area contributed by atoms with E-state index >= 15 is 0 Å². The van der Waals surface area contributed by atoms with Crippen LogP contribution in [0.25, 0.3) is 0 Å². The Bertz CT molecular complexity index is 450. The molecule has 0 amide bonds. The molecule has 0 N–H and O–H groups in total. The van der Waals surface area contributed by atoms with Gasteiger partial charge in [-0.3, -0.25) is 0 Å². The summed E-state index contributed by atoms with van der Waals surface area (Å²) in [6, 6.07) is 1.21. The minimum atomic E-state index is -4.21. The highest BCUT2D eigenvalue weighted by atomic mass is 35.5. The van der Waals surface area contributed by atoms with Crippen molar-refractivity contribution in [3.8, 4) is 0 Å². The summed E-state index contributed by atoms with van der Waals surface area (Å²) >= 11 is 5.69. The zero-order valence-electron chi connectivity index (χ0n) is 10.1. The number of halogens is 5. The van der Waals surface area contributed by atoms with E-state index in [4.69, 9.17) is 11.6 Å². The maximum absolute atomic E-state index is 13.0. The lowest BCUT2D eigenvalue weighted by molar-refractivity contribution is -0.176. The third-order valence-corrected chi connectivity index (χ3v) is 3.53. The molecule has 0 saturated carbocycles. The Morgan fingerprint density at radius 1 is 1.42 bits per heavy atom. The van der Waals surface area contributed by atoms with Gasteiger partial charge in [0.2, 0.25) is 0 Å². The minimum Gasteiger partial charge on any atom is -0.356 e.